The van der Waals surface area contributed by atoms with E-state index >= 15 is 0 Å². The number of alkyl halides is 1. The van der Waals surface area contributed by atoms with E-state index in [0.717, 1.165) is 81.6 Å². The molecule has 0 unspecified atom stereocenters. The summed E-state index contributed by atoms with van der Waals surface area (Å²) in [6, 6.07) is 29.1. The van der Waals surface area contributed by atoms with Crippen molar-refractivity contribution in [1.82, 2.24) is 30.6 Å². The molecule has 20 heteroatoms. The Hall–Kier alpha value is -5.17. The van der Waals surface area contributed by atoms with Gasteiger partial charge in [-0.25, -0.2) is 9.59 Å². The molecule has 0 bridgehead atoms. The number of hydrogen-bond donors (Lipinski definition) is 1. The number of amides is 1. The number of aromatic nitrogens is 6. The normalized spacial score (nSPS) is 14.9. The molecule has 0 saturated heterocycles. The predicted octanol–water partition coefficient (Wildman–Crippen LogP) is 19.3. The van der Waals surface area contributed by atoms with Gasteiger partial charge in [0.25, 0.3) is 5.91 Å². The van der Waals surface area contributed by atoms with E-state index < -0.39 is 17.8 Å². The molecule has 3 saturated carbocycles. The van der Waals surface area contributed by atoms with Gasteiger partial charge in [-0.3, -0.25) is 4.79 Å². The Labute approximate surface area is 530 Å². The van der Waals surface area contributed by atoms with Gasteiger partial charge in [0.2, 0.25) is 0 Å². The zero-order valence-electron chi connectivity index (χ0n) is 47.0. The van der Waals surface area contributed by atoms with Crippen molar-refractivity contribution in [3.05, 3.63) is 140 Å². The van der Waals surface area contributed by atoms with Gasteiger partial charge >= 0.3 is 11.9 Å². The highest BCUT2D eigenvalue weighted by Crippen LogP contribution is 2.41. The van der Waals surface area contributed by atoms with Crippen LogP contribution < -0.4 is 5.73 Å². The summed E-state index contributed by atoms with van der Waals surface area (Å²) in [6.45, 7) is 4.14. The van der Waals surface area contributed by atoms with Crippen LogP contribution in [0.3, 0.4) is 0 Å². The average Bonchev–Trinajstić information content (AvgIpc) is 4.38. The van der Waals surface area contributed by atoms with Gasteiger partial charge in [-0.05, 0) is 129 Å². The summed E-state index contributed by atoms with van der Waals surface area (Å²) in [6.07, 6.45) is 22.0. The first-order chi connectivity index (χ1) is 40.8. The van der Waals surface area contributed by atoms with Crippen molar-refractivity contribution in [2.24, 2.45) is 23.5 Å². The van der Waals surface area contributed by atoms with E-state index in [2.05, 4.69) is 58.7 Å². The summed E-state index contributed by atoms with van der Waals surface area (Å²) < 4.78 is 12.6. The summed E-state index contributed by atoms with van der Waals surface area (Å²) in [5.41, 5.74) is 11.4. The third kappa shape index (κ3) is 16.5. The van der Waals surface area contributed by atoms with Crippen LogP contribution in [0.4, 0.5) is 0 Å². The smallest absolute Gasteiger partial charge is 0.360 e. The minimum atomic E-state index is -0.531. The van der Waals surface area contributed by atoms with Crippen molar-refractivity contribution in [3.8, 4) is 31.3 Å². The Balaban J connectivity index is 0.000000142. The van der Waals surface area contributed by atoms with Crippen molar-refractivity contribution in [3.63, 3.8) is 0 Å². The lowest BCUT2D eigenvalue weighted by molar-refractivity contribution is 0.0511. The van der Waals surface area contributed by atoms with Crippen molar-refractivity contribution in [2.75, 3.05) is 18.5 Å². The molecule has 6 heterocycles. The van der Waals surface area contributed by atoms with Crippen LogP contribution in [0.25, 0.3) is 61.6 Å². The van der Waals surface area contributed by atoms with Gasteiger partial charge in [0.1, 0.15) is 0 Å². The number of nitrogens with two attached hydrogens (primary N) is 1. The van der Waals surface area contributed by atoms with E-state index in [9.17, 15) is 14.4 Å². The van der Waals surface area contributed by atoms with Crippen LogP contribution in [0.2, 0.25) is 20.2 Å². The molecule has 440 valence electrons. The van der Waals surface area contributed by atoms with Gasteiger partial charge in [0.15, 0.2) is 22.2 Å². The van der Waals surface area contributed by atoms with E-state index in [1.54, 1.807) is 36.5 Å². The summed E-state index contributed by atoms with van der Waals surface area (Å²) in [5, 5.41) is 31.3. The maximum absolute atomic E-state index is 12.4. The first kappa shape index (κ1) is 63.3. The van der Waals surface area contributed by atoms with Crippen LogP contribution in [-0.2, 0) is 22.3 Å². The Morgan fingerprint density at radius 1 is 0.476 bits per heavy atom. The van der Waals surface area contributed by atoms with E-state index in [-0.39, 0.29) is 23.1 Å². The molecule has 6 aromatic heterocycles. The molecule has 9 aromatic rings. The van der Waals surface area contributed by atoms with Gasteiger partial charge in [0, 0.05) is 51.2 Å². The monoisotopic (exact) mass is 1330 g/mol. The number of nitrogens with zero attached hydrogens (tertiary/aromatic N) is 6. The molecule has 3 aliphatic rings. The third-order valence-corrected chi connectivity index (χ3v) is 20.9. The van der Waals surface area contributed by atoms with Gasteiger partial charge < -0.3 is 15.2 Å². The lowest BCUT2D eigenvalue weighted by atomic mass is 9.85. The number of rotatable bonds is 13. The lowest BCUT2D eigenvalue weighted by Gasteiger charge is -2.21. The number of halogens is 5. The maximum Gasteiger partial charge on any atom is 0.360 e. The summed E-state index contributed by atoms with van der Waals surface area (Å²) in [4.78, 5) is 39.3. The van der Waals surface area contributed by atoms with Crippen LogP contribution in [0.5, 0.6) is 0 Å². The molecule has 2 N–H and O–H groups in total. The highest BCUT2D eigenvalue weighted by molar-refractivity contribution is 9.09. The van der Waals surface area contributed by atoms with Crippen LogP contribution in [0.15, 0.2) is 91.0 Å². The number of esters is 2. The molecular formula is C64H66BrCl4N7O5S3. The molecule has 12 rings (SSSR count). The summed E-state index contributed by atoms with van der Waals surface area (Å²) >= 11 is 32.1. The second-order valence-corrected chi connectivity index (χ2v) is 26.8. The minimum Gasteiger partial charge on any atom is -0.461 e. The summed E-state index contributed by atoms with van der Waals surface area (Å²) in [7, 11) is 0. The zero-order valence-corrected chi connectivity index (χ0v) is 54.0. The number of primary amides is 1. The quantitative estimate of drug-likeness (QED) is 0.0860. The molecule has 3 aromatic carbocycles. The number of hydrogen-bond acceptors (Lipinski definition) is 14. The molecular weight excluding hydrogens is 1260 g/mol. The molecule has 3 fully saturated rings. The number of carbonyl (C=O) groups is 3. The van der Waals surface area contributed by atoms with Crippen molar-refractivity contribution >= 4 is 144 Å². The van der Waals surface area contributed by atoms with Crippen LogP contribution in [0.1, 0.15) is 153 Å². The topological polar surface area (TPSA) is 173 Å². The fraction of sp³-hybridized carbons (Fsp3) is 0.391. The molecule has 1 amide bonds. The zero-order chi connectivity index (χ0) is 59.1. The van der Waals surface area contributed by atoms with Gasteiger partial charge in [-0.1, -0.05) is 182 Å². The predicted molar refractivity (Wildman–Crippen MR) is 350 cm³/mol. The standard InChI is InChI=1S/C22H23ClN2O2S.C20H20ClN3OS.C15H10Cl2N2O2S.C7H13Br/c1-2-27-22(26)20-21-17(13-19(28-21)15-8-10-16(23)11-9-15)18(24-25-20)12-14-6-4-3-5-7-14;21-14-8-6-13(7-9-14)17-11-15-16(10-12-4-2-1-3-5-12)23-24-18(20(22)25)19(15)26-17;1-2-21-15(20)12-13-10(14(17)19-18-12)7-11(22-13)8-3-5-9(16)6-4-8;8-6-7-4-2-1-3-5-7/h8-11,13-14H,2-7,12H2,1H3;6-9,11-12H,1-5,10H2,(H2,22,25);3-7H,2H2,1H3;7H,1-6H2. The molecule has 12 nitrogen and oxygen atoms in total. The van der Waals surface area contributed by atoms with Crippen molar-refractivity contribution in [1.29, 1.82) is 0 Å². The first-order valence-electron chi connectivity index (χ1n) is 28.8. The number of thiophene rings is 3. The second kappa shape index (κ2) is 31.0. The molecule has 84 heavy (non-hydrogen) atoms. The third-order valence-electron chi connectivity index (χ3n) is 15.4. The molecule has 3 aliphatic carbocycles. The first-order valence-corrected chi connectivity index (χ1v) is 33.9. The van der Waals surface area contributed by atoms with E-state index in [1.165, 1.54) is 113 Å². The van der Waals surface area contributed by atoms with Crippen molar-refractivity contribution < 1.29 is 23.9 Å². The Bertz CT molecular complexity index is 3680. The summed E-state index contributed by atoms with van der Waals surface area (Å²) in [5.74, 6) is 0.869. The Morgan fingerprint density at radius 3 is 1.17 bits per heavy atom. The van der Waals surface area contributed by atoms with Crippen LogP contribution >= 0.6 is 96.3 Å². The van der Waals surface area contributed by atoms with Gasteiger partial charge in [0.05, 0.1) is 38.7 Å². The Morgan fingerprint density at radius 2 is 0.810 bits per heavy atom. The SMILES string of the molecule is BrCC1CCCCC1.CCOC(=O)c1nnc(CC2CCCCC2)c2cc(-c3ccc(Cl)cc3)sc12.CCOC(=O)c1nnc(Cl)c2cc(-c3ccc(Cl)cc3)sc12.NC(=O)c1nnc(CC2CCCCC2)c2cc(-c3ccc(Cl)cc3)sc12. The average molecular weight is 1330 g/mol. The van der Waals surface area contributed by atoms with E-state index in [1.807, 2.05) is 78.9 Å². The van der Waals surface area contributed by atoms with Crippen LogP contribution in [0, 0.1) is 17.8 Å². The molecule has 0 spiro atoms. The highest BCUT2D eigenvalue weighted by atomic mass is 79.9. The lowest BCUT2D eigenvalue weighted by Crippen LogP contribution is -2.16. The minimum absolute atomic E-state index is 0.187. The maximum atomic E-state index is 12.4. The fourth-order valence-electron chi connectivity index (χ4n) is 11.0. The van der Waals surface area contributed by atoms with Gasteiger partial charge in [-0.15, -0.1) is 54.4 Å². The van der Waals surface area contributed by atoms with Gasteiger partial charge in [-0.2, -0.15) is 10.2 Å². The van der Waals surface area contributed by atoms with Crippen LogP contribution in [-0.4, -0.2) is 67.0 Å². The van der Waals surface area contributed by atoms with E-state index in [0.29, 0.717) is 49.3 Å². The van der Waals surface area contributed by atoms with Crippen molar-refractivity contribution in [2.45, 2.75) is 123 Å². The largest absolute Gasteiger partial charge is 0.461 e. The highest BCUT2D eigenvalue weighted by Gasteiger charge is 2.25. The number of fused-ring (bicyclic) bond motifs is 3. The fourth-order valence-corrected chi connectivity index (χ4v) is 15.7. The molecule has 0 atom stereocenters. The molecule has 0 aliphatic heterocycles. The number of carbonyl (C=O) groups excluding carboxylic acids is 3. The Kier molecular flexibility index (Phi) is 23.3. The van der Waals surface area contributed by atoms with E-state index in [4.69, 9.17) is 61.6 Å². The number of ether oxygens (including phenoxy) is 2. The second-order valence-electron chi connectivity index (χ2n) is 21.3. The molecule has 0 radical (unpaired) electrons. The number of benzene rings is 3.